The summed E-state index contributed by atoms with van der Waals surface area (Å²) in [6, 6.07) is 13.1. The van der Waals surface area contributed by atoms with Gasteiger partial charge in [0, 0.05) is 11.3 Å². The van der Waals surface area contributed by atoms with Gasteiger partial charge in [-0.15, -0.1) is 0 Å². The number of carbonyl (C=O) groups excluding carboxylic acids is 1. The number of amides is 1. The largest absolute Gasteiger partial charge is 0.313 e. The molecule has 5 heteroatoms. The van der Waals surface area contributed by atoms with Crippen molar-refractivity contribution in [3.8, 4) is 0 Å². The fourth-order valence-electron chi connectivity index (χ4n) is 2.71. The lowest BCUT2D eigenvalue weighted by atomic mass is 10.1. The Morgan fingerprint density at radius 1 is 1.27 bits per heavy atom. The van der Waals surface area contributed by atoms with Gasteiger partial charge in [0.1, 0.15) is 11.7 Å². The Bertz CT molecular complexity index is 855. The van der Waals surface area contributed by atoms with Gasteiger partial charge >= 0.3 is 0 Å². The number of hydrogen-bond donors (Lipinski definition) is 1. The topological polar surface area (TPSA) is 41.5 Å². The molecule has 3 rings (SSSR count). The second-order valence-electron chi connectivity index (χ2n) is 6.28. The molecule has 2 aromatic carbocycles. The molecule has 0 heterocycles. The Balaban J connectivity index is 1.89. The van der Waals surface area contributed by atoms with Gasteiger partial charge in [-0.1, -0.05) is 31.2 Å². The van der Waals surface area contributed by atoms with Crippen molar-refractivity contribution in [1.82, 2.24) is 5.32 Å². The highest BCUT2D eigenvalue weighted by atomic mass is 79.9. The molecule has 26 heavy (non-hydrogen) atoms. The molecule has 1 saturated carbocycles. The number of carbonyl (C=O) groups is 1. The van der Waals surface area contributed by atoms with Crippen molar-refractivity contribution in [2.24, 2.45) is 4.99 Å². The monoisotopic (exact) mass is 414 g/mol. The van der Waals surface area contributed by atoms with Crippen LogP contribution in [0, 0.1) is 5.82 Å². The van der Waals surface area contributed by atoms with E-state index in [0.29, 0.717) is 28.7 Å². The van der Waals surface area contributed by atoms with E-state index in [-0.39, 0.29) is 0 Å². The molecule has 0 atom stereocenters. The van der Waals surface area contributed by atoms with Crippen LogP contribution in [0.4, 0.5) is 4.39 Å². The fourth-order valence-corrected chi connectivity index (χ4v) is 2.96. The number of nitrogens with one attached hydrogen (secondary N) is 1. The smallest absolute Gasteiger partial charge is 0.212 e. The van der Waals surface area contributed by atoms with Gasteiger partial charge in [-0.05, 0) is 76.5 Å². The van der Waals surface area contributed by atoms with Crippen molar-refractivity contribution in [3.05, 3.63) is 75.1 Å². The summed E-state index contributed by atoms with van der Waals surface area (Å²) in [7, 11) is 0. The SMILES string of the molecule is CC/C(=C/c1ccc(C2CC2)cc1)N=C(NC=O)c1ccc(Br)c(F)c1. The summed E-state index contributed by atoms with van der Waals surface area (Å²) < 4.78 is 14.2. The molecule has 3 nitrogen and oxygen atoms in total. The highest BCUT2D eigenvalue weighted by Crippen LogP contribution is 2.40. The quantitative estimate of drug-likeness (QED) is 0.383. The first kappa shape index (κ1) is 18.5. The summed E-state index contributed by atoms with van der Waals surface area (Å²) in [5.41, 5.74) is 3.76. The molecule has 1 amide bonds. The summed E-state index contributed by atoms with van der Waals surface area (Å²) >= 11 is 3.13. The summed E-state index contributed by atoms with van der Waals surface area (Å²) in [6.07, 6.45) is 5.79. The summed E-state index contributed by atoms with van der Waals surface area (Å²) in [4.78, 5) is 15.5. The van der Waals surface area contributed by atoms with E-state index in [1.165, 1.54) is 24.5 Å². The molecule has 0 aliphatic heterocycles. The van der Waals surface area contributed by atoms with Gasteiger partial charge in [-0.3, -0.25) is 4.79 Å². The molecule has 0 bridgehead atoms. The predicted octanol–water partition coefficient (Wildman–Crippen LogP) is 5.41. The van der Waals surface area contributed by atoms with E-state index in [4.69, 9.17) is 0 Å². The van der Waals surface area contributed by atoms with E-state index in [1.54, 1.807) is 12.1 Å². The zero-order chi connectivity index (χ0) is 18.5. The molecular weight excluding hydrogens is 395 g/mol. The van der Waals surface area contributed by atoms with Gasteiger partial charge in [-0.25, -0.2) is 9.38 Å². The fraction of sp³-hybridized carbons (Fsp3) is 0.238. The van der Waals surface area contributed by atoms with Crippen LogP contribution in [0.15, 0.2) is 57.6 Å². The number of allylic oxidation sites excluding steroid dienone is 1. The van der Waals surface area contributed by atoms with Crippen LogP contribution in [0.25, 0.3) is 6.08 Å². The minimum absolute atomic E-state index is 0.328. The molecule has 1 aliphatic carbocycles. The van der Waals surface area contributed by atoms with E-state index < -0.39 is 5.82 Å². The number of rotatable bonds is 6. The molecule has 1 aliphatic rings. The van der Waals surface area contributed by atoms with Crippen molar-refractivity contribution in [2.45, 2.75) is 32.1 Å². The maximum absolute atomic E-state index is 13.8. The number of nitrogens with zero attached hydrogens (tertiary/aromatic N) is 1. The minimum atomic E-state index is -0.402. The van der Waals surface area contributed by atoms with Gasteiger partial charge in [-0.2, -0.15) is 0 Å². The van der Waals surface area contributed by atoms with Crippen molar-refractivity contribution in [2.75, 3.05) is 0 Å². The van der Waals surface area contributed by atoms with Crippen LogP contribution in [0.1, 0.15) is 48.8 Å². The van der Waals surface area contributed by atoms with E-state index >= 15 is 0 Å². The van der Waals surface area contributed by atoms with Crippen LogP contribution < -0.4 is 5.32 Å². The lowest BCUT2D eigenvalue weighted by molar-refractivity contribution is -0.108. The highest BCUT2D eigenvalue weighted by Gasteiger charge is 2.22. The van der Waals surface area contributed by atoms with Gasteiger partial charge < -0.3 is 5.32 Å². The molecule has 0 radical (unpaired) electrons. The zero-order valence-electron chi connectivity index (χ0n) is 14.5. The zero-order valence-corrected chi connectivity index (χ0v) is 16.1. The maximum atomic E-state index is 13.8. The molecule has 0 spiro atoms. The molecule has 0 saturated heterocycles. The van der Waals surface area contributed by atoms with Crippen molar-refractivity contribution >= 4 is 34.3 Å². The van der Waals surface area contributed by atoms with Gasteiger partial charge in [0.2, 0.25) is 6.41 Å². The van der Waals surface area contributed by atoms with E-state index in [0.717, 1.165) is 17.2 Å². The Morgan fingerprint density at radius 2 is 2.00 bits per heavy atom. The summed E-state index contributed by atoms with van der Waals surface area (Å²) in [5.74, 6) is 0.655. The Morgan fingerprint density at radius 3 is 2.58 bits per heavy atom. The number of benzene rings is 2. The standard InChI is InChI=1S/C21H20BrFN2O/c1-2-18(11-14-3-5-15(6-4-14)16-7-8-16)25-21(24-13-26)17-9-10-19(22)20(23)12-17/h3-6,9-13,16H,2,7-8H2,1H3,(H,24,25,26)/b18-11-. The molecule has 134 valence electrons. The number of aliphatic imine (C=N–C) groups is 1. The van der Waals surface area contributed by atoms with Crippen LogP contribution in [-0.4, -0.2) is 12.2 Å². The molecule has 1 N–H and O–H groups in total. The Hall–Kier alpha value is -2.27. The first-order chi connectivity index (χ1) is 12.6. The third-order valence-electron chi connectivity index (χ3n) is 4.32. The first-order valence-electron chi connectivity index (χ1n) is 8.65. The lowest BCUT2D eigenvalue weighted by Gasteiger charge is -2.08. The van der Waals surface area contributed by atoms with Crippen LogP contribution in [-0.2, 0) is 4.79 Å². The van der Waals surface area contributed by atoms with Crippen molar-refractivity contribution < 1.29 is 9.18 Å². The molecular formula is C21H20BrFN2O. The average molecular weight is 415 g/mol. The minimum Gasteiger partial charge on any atom is -0.313 e. The lowest BCUT2D eigenvalue weighted by Crippen LogP contribution is -2.23. The average Bonchev–Trinajstić information content (AvgIpc) is 3.48. The number of amidine groups is 1. The second kappa shape index (κ2) is 8.41. The molecule has 0 aromatic heterocycles. The third-order valence-corrected chi connectivity index (χ3v) is 4.97. The second-order valence-corrected chi connectivity index (χ2v) is 7.14. The Kier molecular flexibility index (Phi) is 5.99. The number of hydrogen-bond acceptors (Lipinski definition) is 2. The van der Waals surface area contributed by atoms with Crippen molar-refractivity contribution in [1.29, 1.82) is 0 Å². The van der Waals surface area contributed by atoms with E-state index in [2.05, 4.69) is 50.5 Å². The van der Waals surface area contributed by atoms with Gasteiger partial charge in [0.25, 0.3) is 0 Å². The Labute approximate surface area is 161 Å². The summed E-state index contributed by atoms with van der Waals surface area (Å²) in [6.45, 7) is 1.99. The third kappa shape index (κ3) is 4.67. The number of halogens is 2. The van der Waals surface area contributed by atoms with Gasteiger partial charge in [0.15, 0.2) is 0 Å². The van der Waals surface area contributed by atoms with Gasteiger partial charge in [0.05, 0.1) is 4.47 Å². The maximum Gasteiger partial charge on any atom is 0.212 e. The van der Waals surface area contributed by atoms with Crippen LogP contribution in [0.5, 0.6) is 0 Å². The molecule has 1 fully saturated rings. The first-order valence-corrected chi connectivity index (χ1v) is 9.45. The van der Waals surface area contributed by atoms with Crippen LogP contribution >= 0.6 is 15.9 Å². The highest BCUT2D eigenvalue weighted by molar-refractivity contribution is 9.10. The van der Waals surface area contributed by atoms with E-state index in [1.807, 2.05) is 13.0 Å². The molecule has 0 unspecified atom stereocenters. The van der Waals surface area contributed by atoms with Crippen molar-refractivity contribution in [3.63, 3.8) is 0 Å². The van der Waals surface area contributed by atoms with Crippen LogP contribution in [0.2, 0.25) is 0 Å². The predicted molar refractivity (Wildman–Crippen MR) is 107 cm³/mol. The summed E-state index contributed by atoms with van der Waals surface area (Å²) in [5, 5.41) is 2.58. The normalized spacial score (nSPS) is 15.0. The van der Waals surface area contributed by atoms with Crippen LogP contribution in [0.3, 0.4) is 0 Å². The van der Waals surface area contributed by atoms with E-state index in [9.17, 15) is 9.18 Å². The molecule has 2 aromatic rings.